The first-order valence-corrected chi connectivity index (χ1v) is 24.2. The van der Waals surface area contributed by atoms with Crippen LogP contribution < -0.4 is 0 Å². The second-order valence-corrected chi connectivity index (χ2v) is 16.2. The van der Waals surface area contributed by atoms with Gasteiger partial charge in [0.15, 0.2) is 6.10 Å². The van der Waals surface area contributed by atoms with E-state index >= 15 is 0 Å². The summed E-state index contributed by atoms with van der Waals surface area (Å²) >= 11 is 0. The van der Waals surface area contributed by atoms with E-state index in [1.165, 1.54) is 154 Å². The van der Waals surface area contributed by atoms with E-state index in [1.807, 2.05) is 0 Å². The maximum absolute atomic E-state index is 12.2. The highest BCUT2D eigenvalue weighted by Gasteiger charge is 2.16. The van der Waals surface area contributed by atoms with E-state index in [1.54, 1.807) is 0 Å². The summed E-state index contributed by atoms with van der Waals surface area (Å²) in [6, 6.07) is 0. The van der Waals surface area contributed by atoms with Crippen LogP contribution in [-0.2, 0) is 19.1 Å². The number of hydrogen-bond acceptors (Lipinski definition) is 5. The predicted octanol–water partition coefficient (Wildman–Crippen LogP) is 15.7. The molecule has 1 atom stereocenters. The van der Waals surface area contributed by atoms with E-state index in [0.717, 1.165) is 64.2 Å². The van der Waals surface area contributed by atoms with Crippen molar-refractivity contribution >= 4 is 11.9 Å². The smallest absolute Gasteiger partial charge is 0.306 e. The SMILES string of the molecule is CCC/C=C\C/C=C\CCCCCCCC(=O)OCC(CO)OC(=O)CCCCCCCCCCCCCCCCCCC/C=C\C/C=C\CCCCCCC. The van der Waals surface area contributed by atoms with Gasteiger partial charge in [-0.2, -0.15) is 0 Å². The van der Waals surface area contributed by atoms with Crippen molar-refractivity contribution in [1.29, 1.82) is 0 Å². The van der Waals surface area contributed by atoms with E-state index in [0.29, 0.717) is 12.8 Å². The first-order valence-electron chi connectivity index (χ1n) is 24.2. The zero-order chi connectivity index (χ0) is 40.7. The minimum Gasteiger partial charge on any atom is -0.462 e. The number of ether oxygens (including phenoxy) is 2. The van der Waals surface area contributed by atoms with Crippen LogP contribution in [0.5, 0.6) is 0 Å². The first kappa shape index (κ1) is 53.9. The van der Waals surface area contributed by atoms with Gasteiger partial charge in [0.2, 0.25) is 0 Å². The van der Waals surface area contributed by atoms with Crippen molar-refractivity contribution in [1.82, 2.24) is 0 Å². The minimum absolute atomic E-state index is 0.0718. The van der Waals surface area contributed by atoms with Crippen molar-refractivity contribution in [2.24, 2.45) is 0 Å². The van der Waals surface area contributed by atoms with E-state index in [4.69, 9.17) is 9.47 Å². The van der Waals surface area contributed by atoms with Crippen LogP contribution in [0, 0.1) is 0 Å². The van der Waals surface area contributed by atoms with Gasteiger partial charge in [-0.05, 0) is 70.6 Å². The summed E-state index contributed by atoms with van der Waals surface area (Å²) in [5.74, 6) is -0.601. The summed E-state index contributed by atoms with van der Waals surface area (Å²) in [6.45, 7) is 4.06. The van der Waals surface area contributed by atoms with Gasteiger partial charge in [0.1, 0.15) is 6.61 Å². The van der Waals surface area contributed by atoms with Gasteiger partial charge in [0, 0.05) is 12.8 Å². The predicted molar refractivity (Wildman–Crippen MR) is 242 cm³/mol. The Kier molecular flexibility index (Phi) is 45.4. The van der Waals surface area contributed by atoms with Crippen molar-refractivity contribution in [2.45, 2.75) is 251 Å². The molecule has 0 aliphatic carbocycles. The van der Waals surface area contributed by atoms with E-state index < -0.39 is 6.10 Å². The van der Waals surface area contributed by atoms with Gasteiger partial charge in [0.25, 0.3) is 0 Å². The number of rotatable bonds is 44. The fraction of sp³-hybridized carbons (Fsp3) is 0.804. The maximum Gasteiger partial charge on any atom is 0.306 e. The Labute approximate surface area is 348 Å². The van der Waals surface area contributed by atoms with Crippen LogP contribution in [0.15, 0.2) is 48.6 Å². The monoisotopic (exact) mass is 785 g/mol. The molecule has 0 aliphatic rings. The lowest BCUT2D eigenvalue weighted by Crippen LogP contribution is -2.28. The average molecular weight is 785 g/mol. The van der Waals surface area contributed by atoms with Gasteiger partial charge in [-0.1, -0.05) is 210 Å². The van der Waals surface area contributed by atoms with Crippen LogP contribution in [0.25, 0.3) is 0 Å². The molecule has 0 radical (unpaired) electrons. The summed E-state index contributed by atoms with van der Waals surface area (Å²) in [7, 11) is 0. The number of carbonyl (C=O) groups excluding carboxylic acids is 2. The summed E-state index contributed by atoms with van der Waals surface area (Å²) in [5, 5.41) is 9.59. The highest BCUT2D eigenvalue weighted by Crippen LogP contribution is 2.16. The molecule has 0 saturated heterocycles. The molecule has 0 aromatic heterocycles. The van der Waals surface area contributed by atoms with Gasteiger partial charge in [0.05, 0.1) is 6.61 Å². The van der Waals surface area contributed by atoms with Gasteiger partial charge in [-0.3, -0.25) is 9.59 Å². The molecule has 1 N–H and O–H groups in total. The topological polar surface area (TPSA) is 72.8 Å². The second kappa shape index (κ2) is 47.2. The lowest BCUT2D eigenvalue weighted by atomic mass is 10.0. The standard InChI is InChI=1S/C51H92O5/c1-3-5-7-9-11-13-15-17-18-19-20-21-22-23-24-25-26-27-28-29-30-31-32-34-36-38-40-42-44-46-51(54)56-49(47-52)48-55-50(53)45-43-41-39-37-35-33-16-14-12-10-8-6-4-2/h8,10,14-17,19-20,49,52H,3-7,9,11-13,18,21-48H2,1-2H3/b10-8-,16-14-,17-15-,20-19-. The molecule has 5 nitrogen and oxygen atoms in total. The van der Waals surface area contributed by atoms with Gasteiger partial charge in [-0.15, -0.1) is 0 Å². The Hall–Kier alpha value is -2.14. The largest absolute Gasteiger partial charge is 0.462 e. The van der Waals surface area contributed by atoms with Crippen LogP contribution in [0.3, 0.4) is 0 Å². The van der Waals surface area contributed by atoms with Crippen LogP contribution >= 0.6 is 0 Å². The van der Waals surface area contributed by atoms with E-state index in [2.05, 4.69) is 62.5 Å². The van der Waals surface area contributed by atoms with E-state index in [-0.39, 0.29) is 25.2 Å². The number of carbonyl (C=O) groups is 2. The third kappa shape index (κ3) is 44.6. The zero-order valence-electron chi connectivity index (χ0n) is 37.1. The van der Waals surface area contributed by atoms with Crippen molar-refractivity contribution in [2.75, 3.05) is 13.2 Å². The number of aliphatic hydroxyl groups is 1. The van der Waals surface area contributed by atoms with Crippen molar-refractivity contribution in [3.63, 3.8) is 0 Å². The lowest BCUT2D eigenvalue weighted by Gasteiger charge is -2.15. The quantitative estimate of drug-likeness (QED) is 0.0378. The fourth-order valence-corrected chi connectivity index (χ4v) is 6.92. The molecule has 0 aromatic carbocycles. The van der Waals surface area contributed by atoms with Crippen molar-refractivity contribution in [3.05, 3.63) is 48.6 Å². The molecule has 56 heavy (non-hydrogen) atoms. The van der Waals surface area contributed by atoms with Crippen molar-refractivity contribution in [3.8, 4) is 0 Å². The number of allylic oxidation sites excluding steroid dienone is 8. The molecule has 0 spiro atoms. The minimum atomic E-state index is -0.776. The number of unbranched alkanes of at least 4 members (excludes halogenated alkanes) is 28. The molecule has 0 fully saturated rings. The summed E-state index contributed by atoms with van der Waals surface area (Å²) in [6.07, 6.45) is 60.6. The normalized spacial score (nSPS) is 12.6. The molecule has 0 saturated carbocycles. The number of aliphatic hydroxyl groups excluding tert-OH is 1. The molecule has 0 aromatic rings. The molecular formula is C51H92O5. The highest BCUT2D eigenvalue weighted by atomic mass is 16.6. The lowest BCUT2D eigenvalue weighted by molar-refractivity contribution is -0.161. The van der Waals surface area contributed by atoms with Gasteiger partial charge in [-0.25, -0.2) is 0 Å². The number of hydrogen-bond donors (Lipinski definition) is 1. The summed E-state index contributed by atoms with van der Waals surface area (Å²) < 4.78 is 10.6. The van der Waals surface area contributed by atoms with Crippen LogP contribution in [0.4, 0.5) is 0 Å². The Balaban J connectivity index is 3.45. The molecule has 5 heteroatoms. The summed E-state index contributed by atoms with van der Waals surface area (Å²) in [5.41, 5.74) is 0. The Morgan fingerprint density at radius 2 is 0.750 bits per heavy atom. The molecule has 0 aliphatic heterocycles. The highest BCUT2D eigenvalue weighted by molar-refractivity contribution is 5.70. The van der Waals surface area contributed by atoms with Gasteiger partial charge >= 0.3 is 11.9 Å². The van der Waals surface area contributed by atoms with Crippen LogP contribution in [0.1, 0.15) is 245 Å². The van der Waals surface area contributed by atoms with Crippen LogP contribution in [0.2, 0.25) is 0 Å². The third-order valence-corrected chi connectivity index (χ3v) is 10.6. The summed E-state index contributed by atoms with van der Waals surface area (Å²) in [4.78, 5) is 24.3. The Bertz CT molecular complexity index is 935. The fourth-order valence-electron chi connectivity index (χ4n) is 6.92. The van der Waals surface area contributed by atoms with Crippen LogP contribution in [-0.4, -0.2) is 36.4 Å². The van der Waals surface area contributed by atoms with E-state index in [9.17, 15) is 14.7 Å². The molecule has 0 amide bonds. The average Bonchev–Trinajstić information content (AvgIpc) is 3.20. The number of esters is 2. The maximum atomic E-state index is 12.2. The Morgan fingerprint density at radius 1 is 0.411 bits per heavy atom. The second-order valence-electron chi connectivity index (χ2n) is 16.2. The molecular weight excluding hydrogens is 693 g/mol. The Morgan fingerprint density at radius 3 is 1.12 bits per heavy atom. The molecule has 1 unspecified atom stereocenters. The molecule has 0 rings (SSSR count). The first-order chi connectivity index (χ1) is 27.6. The molecule has 0 heterocycles. The van der Waals surface area contributed by atoms with Crippen molar-refractivity contribution < 1.29 is 24.2 Å². The molecule has 326 valence electrons. The molecule has 0 bridgehead atoms. The van der Waals surface area contributed by atoms with Gasteiger partial charge < -0.3 is 14.6 Å². The third-order valence-electron chi connectivity index (χ3n) is 10.6. The zero-order valence-corrected chi connectivity index (χ0v) is 37.1.